The first kappa shape index (κ1) is 20.8. The van der Waals surface area contributed by atoms with E-state index in [0.717, 1.165) is 4.47 Å². The molecule has 1 saturated heterocycles. The first-order valence-electron chi connectivity index (χ1n) is 8.91. The van der Waals surface area contributed by atoms with Gasteiger partial charge in [0.25, 0.3) is 5.91 Å². The van der Waals surface area contributed by atoms with Crippen LogP contribution in [0.15, 0.2) is 28.9 Å². The number of nitriles is 1. The lowest BCUT2D eigenvalue weighted by Gasteiger charge is -2.26. The SMILES string of the molecule is COC(=O)Cc1cc(Nc2nn([C@H]3COCC[C@@H]3C#N)cc2C(N)=O)ccc1Br. The van der Waals surface area contributed by atoms with Crippen LogP contribution in [0.5, 0.6) is 0 Å². The molecular formula is C19H20BrN5O4. The molecule has 0 radical (unpaired) electrons. The van der Waals surface area contributed by atoms with Gasteiger partial charge in [0.15, 0.2) is 5.82 Å². The molecule has 0 aliphatic carbocycles. The first-order valence-corrected chi connectivity index (χ1v) is 9.70. The van der Waals surface area contributed by atoms with Gasteiger partial charge >= 0.3 is 5.97 Å². The molecule has 29 heavy (non-hydrogen) atoms. The van der Waals surface area contributed by atoms with Crippen LogP contribution in [0.1, 0.15) is 28.4 Å². The van der Waals surface area contributed by atoms with Gasteiger partial charge in [-0.1, -0.05) is 15.9 Å². The minimum Gasteiger partial charge on any atom is -0.469 e. The average molecular weight is 462 g/mol. The second kappa shape index (κ2) is 9.07. The van der Waals surface area contributed by atoms with Crippen LogP contribution in [-0.4, -0.2) is 42.0 Å². The van der Waals surface area contributed by atoms with Gasteiger partial charge in [-0.05, 0) is 30.2 Å². The van der Waals surface area contributed by atoms with Crippen LogP contribution in [0, 0.1) is 17.2 Å². The number of esters is 1. The van der Waals surface area contributed by atoms with Crippen LogP contribution in [0.2, 0.25) is 0 Å². The fourth-order valence-corrected chi connectivity index (χ4v) is 3.51. The summed E-state index contributed by atoms with van der Waals surface area (Å²) in [5, 5.41) is 16.9. The Bertz CT molecular complexity index is 968. The van der Waals surface area contributed by atoms with E-state index in [1.165, 1.54) is 13.3 Å². The van der Waals surface area contributed by atoms with Gasteiger partial charge in [0.05, 0.1) is 38.2 Å². The molecule has 2 heterocycles. The monoisotopic (exact) mass is 461 g/mol. The Kier molecular flexibility index (Phi) is 6.51. The zero-order valence-electron chi connectivity index (χ0n) is 15.7. The van der Waals surface area contributed by atoms with E-state index in [9.17, 15) is 14.9 Å². The molecule has 3 rings (SSSR count). The van der Waals surface area contributed by atoms with Crippen LogP contribution < -0.4 is 11.1 Å². The Hall–Kier alpha value is -2.90. The van der Waals surface area contributed by atoms with Crippen molar-refractivity contribution in [2.75, 3.05) is 25.6 Å². The topological polar surface area (TPSA) is 132 Å². The maximum Gasteiger partial charge on any atom is 0.310 e. The number of aromatic nitrogens is 2. The molecule has 10 heteroatoms. The summed E-state index contributed by atoms with van der Waals surface area (Å²) >= 11 is 3.41. The third-order valence-corrected chi connectivity index (χ3v) is 5.47. The number of carbonyl (C=O) groups excluding carboxylic acids is 2. The normalized spacial score (nSPS) is 18.7. The van der Waals surface area contributed by atoms with E-state index >= 15 is 0 Å². The molecule has 2 atom stereocenters. The maximum atomic E-state index is 11.9. The zero-order valence-corrected chi connectivity index (χ0v) is 17.3. The van der Waals surface area contributed by atoms with Crippen molar-refractivity contribution in [1.29, 1.82) is 5.26 Å². The van der Waals surface area contributed by atoms with Gasteiger partial charge in [-0.2, -0.15) is 10.4 Å². The second-order valence-corrected chi connectivity index (χ2v) is 7.44. The molecule has 2 aromatic rings. The van der Waals surface area contributed by atoms with Gasteiger partial charge in [-0.25, -0.2) is 0 Å². The van der Waals surface area contributed by atoms with E-state index in [2.05, 4.69) is 32.4 Å². The van der Waals surface area contributed by atoms with Crippen molar-refractivity contribution >= 4 is 39.3 Å². The number of amides is 1. The summed E-state index contributed by atoms with van der Waals surface area (Å²) < 4.78 is 12.5. The predicted molar refractivity (Wildman–Crippen MR) is 107 cm³/mol. The highest BCUT2D eigenvalue weighted by Gasteiger charge is 2.29. The Morgan fingerprint density at radius 1 is 1.52 bits per heavy atom. The first-order chi connectivity index (χ1) is 13.9. The molecule has 0 unspecified atom stereocenters. The fraction of sp³-hybridized carbons (Fsp3) is 0.368. The van der Waals surface area contributed by atoms with Crippen LogP contribution in [0.25, 0.3) is 0 Å². The highest BCUT2D eigenvalue weighted by atomic mass is 79.9. The average Bonchev–Trinajstić information content (AvgIpc) is 3.14. The Balaban J connectivity index is 1.90. The standard InChI is InChI=1S/C19H20BrN5O4/c1-28-17(26)7-12-6-13(2-3-15(12)20)23-19-14(18(22)27)9-25(24-19)16-10-29-5-4-11(16)8-21/h2-3,6,9,11,16H,4-5,7,10H2,1H3,(H2,22,27)(H,23,24)/t11-,16+/m1/s1. The number of carbonyl (C=O) groups is 2. The fourth-order valence-electron chi connectivity index (χ4n) is 3.12. The third kappa shape index (κ3) is 4.75. The number of nitrogens with two attached hydrogens (primary N) is 1. The quantitative estimate of drug-likeness (QED) is 0.630. The lowest BCUT2D eigenvalue weighted by atomic mass is 9.97. The molecule has 0 saturated carbocycles. The van der Waals surface area contributed by atoms with E-state index < -0.39 is 5.91 Å². The molecule has 1 aromatic carbocycles. The minimum atomic E-state index is -0.643. The van der Waals surface area contributed by atoms with Gasteiger partial charge in [-0.3, -0.25) is 14.3 Å². The van der Waals surface area contributed by atoms with Gasteiger partial charge in [0.2, 0.25) is 0 Å². The molecule has 1 aliphatic heterocycles. The van der Waals surface area contributed by atoms with Gasteiger partial charge in [-0.15, -0.1) is 0 Å². The summed E-state index contributed by atoms with van der Waals surface area (Å²) in [5.41, 5.74) is 7.05. The maximum absolute atomic E-state index is 11.9. The Morgan fingerprint density at radius 3 is 3.00 bits per heavy atom. The predicted octanol–water partition coefficient (Wildman–Crippen LogP) is 2.30. The van der Waals surface area contributed by atoms with E-state index in [1.807, 2.05) is 0 Å². The molecule has 3 N–H and O–H groups in total. The Labute approximate surface area is 175 Å². The number of benzene rings is 1. The smallest absolute Gasteiger partial charge is 0.310 e. The lowest BCUT2D eigenvalue weighted by Crippen LogP contribution is -2.29. The number of methoxy groups -OCH3 is 1. The number of nitrogens with zero attached hydrogens (tertiary/aromatic N) is 3. The van der Waals surface area contributed by atoms with E-state index in [0.29, 0.717) is 30.9 Å². The van der Waals surface area contributed by atoms with Crippen LogP contribution in [0.4, 0.5) is 11.5 Å². The van der Waals surface area contributed by atoms with Gasteiger partial charge in [0, 0.05) is 23.0 Å². The second-order valence-electron chi connectivity index (χ2n) is 6.59. The molecule has 1 amide bonds. The number of primary amides is 1. The number of hydrogen-bond acceptors (Lipinski definition) is 7. The zero-order chi connectivity index (χ0) is 21.0. The van der Waals surface area contributed by atoms with Gasteiger partial charge < -0.3 is 20.5 Å². The summed E-state index contributed by atoms with van der Waals surface area (Å²) in [6.45, 7) is 0.852. The number of halogens is 1. The molecule has 9 nitrogen and oxygen atoms in total. The molecule has 1 aromatic heterocycles. The largest absolute Gasteiger partial charge is 0.469 e. The van der Waals surface area contributed by atoms with Crippen molar-refractivity contribution in [2.45, 2.75) is 18.9 Å². The van der Waals surface area contributed by atoms with Crippen molar-refractivity contribution < 1.29 is 19.1 Å². The number of hydrogen-bond donors (Lipinski definition) is 2. The summed E-state index contributed by atoms with van der Waals surface area (Å²) in [6.07, 6.45) is 2.22. The number of ether oxygens (including phenoxy) is 2. The van der Waals surface area contributed by atoms with Crippen molar-refractivity contribution in [1.82, 2.24) is 9.78 Å². The summed E-state index contributed by atoms with van der Waals surface area (Å²) in [4.78, 5) is 23.5. The number of anilines is 2. The summed E-state index contributed by atoms with van der Waals surface area (Å²) in [6, 6.07) is 7.28. The Morgan fingerprint density at radius 2 is 2.31 bits per heavy atom. The summed E-state index contributed by atoms with van der Waals surface area (Å²) in [5.74, 6) is -1.01. The van der Waals surface area contributed by atoms with E-state index in [-0.39, 0.29) is 35.7 Å². The van der Waals surface area contributed by atoms with Crippen molar-refractivity contribution in [3.63, 3.8) is 0 Å². The van der Waals surface area contributed by atoms with Crippen LogP contribution >= 0.6 is 15.9 Å². The molecule has 152 valence electrons. The molecule has 0 spiro atoms. The molecule has 1 aliphatic rings. The minimum absolute atomic E-state index is 0.0903. The van der Waals surface area contributed by atoms with Crippen LogP contribution in [-0.2, 0) is 20.7 Å². The molecule has 0 bridgehead atoms. The van der Waals surface area contributed by atoms with Crippen molar-refractivity contribution in [3.05, 3.63) is 40.0 Å². The molecule has 1 fully saturated rings. The van der Waals surface area contributed by atoms with Crippen molar-refractivity contribution in [3.8, 4) is 6.07 Å². The highest BCUT2D eigenvalue weighted by molar-refractivity contribution is 9.10. The highest BCUT2D eigenvalue weighted by Crippen LogP contribution is 2.29. The van der Waals surface area contributed by atoms with Crippen LogP contribution in [0.3, 0.4) is 0 Å². The lowest BCUT2D eigenvalue weighted by molar-refractivity contribution is -0.139. The number of nitrogens with one attached hydrogen (secondary N) is 1. The third-order valence-electron chi connectivity index (χ3n) is 4.70. The van der Waals surface area contributed by atoms with Crippen molar-refractivity contribution in [2.24, 2.45) is 11.7 Å². The van der Waals surface area contributed by atoms with E-state index in [4.69, 9.17) is 15.2 Å². The number of rotatable bonds is 6. The van der Waals surface area contributed by atoms with Gasteiger partial charge in [0.1, 0.15) is 5.56 Å². The summed E-state index contributed by atoms with van der Waals surface area (Å²) in [7, 11) is 1.33. The van der Waals surface area contributed by atoms with E-state index in [1.54, 1.807) is 22.9 Å². The molecular weight excluding hydrogens is 442 g/mol.